The third-order valence-corrected chi connectivity index (χ3v) is 31.3. The number of aliphatic imine (C=N–C) groups is 1. The first-order valence-corrected chi connectivity index (χ1v) is 51.8. The van der Waals surface area contributed by atoms with Gasteiger partial charge in [-0.15, -0.1) is 5.73 Å². The van der Waals surface area contributed by atoms with E-state index in [-0.39, 0.29) is 239 Å². The van der Waals surface area contributed by atoms with E-state index >= 15 is 0 Å². The van der Waals surface area contributed by atoms with E-state index < -0.39 is 20.6 Å². The summed E-state index contributed by atoms with van der Waals surface area (Å²) in [6.07, 6.45) is 19.9. The second-order valence-electron chi connectivity index (χ2n) is 46.1. The molecule has 0 aromatic rings. The highest BCUT2D eigenvalue weighted by Gasteiger charge is 2.82. The number of rotatable bonds is 28. The quantitative estimate of drug-likeness (QED) is 0.00672. The molecule has 2 spiro atoms. The van der Waals surface area contributed by atoms with Crippen molar-refractivity contribution >= 4 is 147 Å². The second kappa shape index (κ2) is 48.0. The number of alkyl halides is 4. The van der Waals surface area contributed by atoms with Crippen LogP contribution in [0, 0.1) is 149 Å². The highest BCUT2D eigenvalue weighted by molar-refractivity contribution is 6.69. The number of esters is 9. The first-order chi connectivity index (χ1) is 62.0. The molecule has 0 aromatic carbocycles. The fourth-order valence-corrected chi connectivity index (χ4v) is 21.4. The molecule has 12 fully saturated rings. The highest BCUT2D eigenvalue weighted by atomic mass is 35.5. The smallest absolute Gasteiger partial charge is 0.315 e. The molecule has 1 aliphatic heterocycles. The van der Waals surface area contributed by atoms with Gasteiger partial charge in [-0.2, -0.15) is 0 Å². The van der Waals surface area contributed by atoms with Crippen molar-refractivity contribution in [1.82, 2.24) is 0 Å². The van der Waals surface area contributed by atoms with E-state index in [0.717, 1.165) is 36.0 Å². The minimum absolute atomic E-state index is 0.00593. The summed E-state index contributed by atoms with van der Waals surface area (Å²) in [4.78, 5) is 121. The van der Waals surface area contributed by atoms with Crippen LogP contribution in [-0.4, -0.2) is 148 Å². The van der Waals surface area contributed by atoms with Crippen LogP contribution in [-0.2, 0) is 95.3 Å². The van der Waals surface area contributed by atoms with Gasteiger partial charge in [0.25, 0.3) is 0 Å². The van der Waals surface area contributed by atoms with Crippen LogP contribution in [0.3, 0.4) is 0 Å². The summed E-state index contributed by atoms with van der Waals surface area (Å²) < 4.78 is 49.8. The SMILES string of the molecule is CC(C)=C=C1C(C(=O)OC(C)C)C1(C)C.CC(C)OC(=O)C1C(C#CCl)C1(C)C.CC(C)OC(=O)C1C(C)(C)C12CC2.CC(C)OC(=O)C1C(C2OC2(C)C)C1(C)C.CC(C)OC(=O)C1C(C=C(Cl)Cl)C12CCC2.CC(C)OC(=O)C1C(Cl)(Cl)C1(Cl)Cl.CCC(=CC1C(C(=O)OC(C)C)C1(C)C)C(C)=O.CCCCC=CC1C(C(=O)OC(C)C)C1(C)C.CN=CC1C(C(=O)OC(C)C)C1(C)C. The van der Waals surface area contributed by atoms with Crippen molar-refractivity contribution in [1.29, 1.82) is 0 Å². The maximum Gasteiger partial charge on any atom is 0.315 e. The van der Waals surface area contributed by atoms with Crippen LogP contribution in [0.15, 0.2) is 56.2 Å². The Kier molecular flexibility index (Phi) is 43.5. The highest BCUT2D eigenvalue weighted by Crippen LogP contribution is 2.83. The van der Waals surface area contributed by atoms with Crippen molar-refractivity contribution < 1.29 is 95.3 Å². The van der Waals surface area contributed by atoms with Gasteiger partial charge in [-0.25, -0.2) is 0 Å². The van der Waals surface area contributed by atoms with Gasteiger partial charge >= 0.3 is 53.7 Å². The Morgan fingerprint density at radius 3 is 1.14 bits per heavy atom. The Hall–Kier alpha value is -5.14. The molecular formula is C108H168Cl7NO20. The minimum atomic E-state index is -1.43. The second-order valence-corrected chi connectivity index (χ2v) is 50.1. The van der Waals surface area contributed by atoms with Crippen LogP contribution in [0.1, 0.15) is 328 Å². The summed E-state index contributed by atoms with van der Waals surface area (Å²) in [6, 6.07) is 0. The summed E-state index contributed by atoms with van der Waals surface area (Å²) >= 11 is 39.4. The zero-order chi connectivity index (χ0) is 105. The van der Waals surface area contributed by atoms with Gasteiger partial charge in [0, 0.05) is 41.8 Å². The molecule has 11 aliphatic carbocycles. The molecule has 1 heterocycles. The van der Waals surface area contributed by atoms with Gasteiger partial charge in [-0.3, -0.25) is 47.9 Å². The van der Waals surface area contributed by atoms with Crippen LogP contribution in [0.4, 0.5) is 0 Å². The first-order valence-electron chi connectivity index (χ1n) is 49.1. The summed E-state index contributed by atoms with van der Waals surface area (Å²) in [7, 11) is 1.74. The molecule has 15 unspecified atom stereocenters. The summed E-state index contributed by atoms with van der Waals surface area (Å²) in [5.41, 5.74) is 6.75. The van der Waals surface area contributed by atoms with E-state index in [9.17, 15) is 47.9 Å². The van der Waals surface area contributed by atoms with E-state index in [1.54, 1.807) is 33.9 Å². The van der Waals surface area contributed by atoms with Crippen molar-refractivity contribution in [3.8, 4) is 11.3 Å². The van der Waals surface area contributed by atoms with Gasteiger partial charge in [-0.05, 0) is 293 Å². The van der Waals surface area contributed by atoms with E-state index in [2.05, 4.69) is 124 Å². The number of ether oxygens (including phenoxy) is 10. The summed E-state index contributed by atoms with van der Waals surface area (Å²) in [5.74, 6) is 2.06. The minimum Gasteiger partial charge on any atom is -0.463 e. The standard InChI is InChI=1S/C15H24O3.C15H26O2.C13H22O3.C13H20O2.C12H16Cl2O2.C11H15ClO2.C11H19NO2.C11H18O2.C7H8Cl4O2/c1-7-11(10(4)16)8-12-13(15(12,5)6)14(17)18-9(2)3;1-6-7-8-9-10-12-13(15(12,4)5)14(16)17-11(2)3;1-7(2)15-11(14)9-8(12(9,3)4)10-13(5,6)16-10;1-8(2)7-10-11(13(10,5)6)12(14)15-9(3)4;1-7(2)16-11(15)10-8(6-9(13)14)12(10)4-3-5-12;1-7(2)14-10(13)9-8(5-6-12)11(9,3)4;1-7(2)14-10(13)9-8(6-12-5)11(9,3)4;1-7(2)13-9(12)8-10(3,4)11(8)5-6-11;1-3(2)13-5(12)4-6(8,9)7(4,10)11/h8-9,12-13H,7H2,1-6H3;9-13H,6-8H2,1-5H3;7-10H,1-6H3;9,11H,1-6H3;6-8,10H,3-5H2,1-2H3;7-9H,1-4H3;6-9H,1-5H3;7-8H,5-6H2,1-4H3;3-4H,1-2H3. The average molecular weight is 2050 g/mol. The molecule has 1 saturated heterocycles. The Labute approximate surface area is 851 Å². The van der Waals surface area contributed by atoms with Gasteiger partial charge in [0.05, 0.1) is 114 Å². The normalized spacial score (nSPS) is 28.5. The molecule has 0 bridgehead atoms. The molecule has 15 atom stereocenters. The van der Waals surface area contributed by atoms with Crippen molar-refractivity contribution in [3.05, 3.63) is 51.2 Å². The number of nitrogens with zero attached hydrogens (tertiary/aromatic N) is 1. The monoisotopic (exact) mass is 2040 g/mol. The van der Waals surface area contributed by atoms with Crippen molar-refractivity contribution in [3.63, 3.8) is 0 Å². The van der Waals surface area contributed by atoms with Crippen molar-refractivity contribution in [2.75, 3.05) is 7.05 Å². The number of Topliss-reactive ketones (excluding diaryl/α,β-unsaturated/α-hetero) is 1. The Morgan fingerprint density at radius 1 is 0.449 bits per heavy atom. The maximum atomic E-state index is 11.9. The largest absolute Gasteiger partial charge is 0.463 e. The molecule has 0 aromatic heterocycles. The van der Waals surface area contributed by atoms with Gasteiger partial charge in [0.15, 0.2) is 14.4 Å². The van der Waals surface area contributed by atoms with Gasteiger partial charge in [0.1, 0.15) is 10.4 Å². The number of unbranched alkanes of at least 4 members (excludes halogenated alkanes) is 2. The van der Waals surface area contributed by atoms with Gasteiger partial charge < -0.3 is 52.4 Å². The molecule has 0 radical (unpaired) electrons. The topological polar surface area (TPSA) is 279 Å². The summed E-state index contributed by atoms with van der Waals surface area (Å²) in [5, 5.41) is 2.34. The molecule has 0 N–H and O–H groups in total. The number of epoxide rings is 1. The van der Waals surface area contributed by atoms with Crippen molar-refractivity contribution in [2.24, 2.45) is 142 Å². The Balaban J connectivity index is 0.000000320. The third-order valence-electron chi connectivity index (χ3n) is 28.5. The zero-order valence-corrected chi connectivity index (χ0v) is 94.7. The molecule has 11 saturated carbocycles. The van der Waals surface area contributed by atoms with Crippen LogP contribution >= 0.6 is 81.2 Å². The average Bonchev–Trinajstić information content (AvgIpc) is 1.47. The maximum absolute atomic E-state index is 11.9. The van der Waals surface area contributed by atoms with Crippen LogP contribution < -0.4 is 0 Å². The number of hydrogen-bond acceptors (Lipinski definition) is 21. The van der Waals surface area contributed by atoms with E-state index in [1.165, 1.54) is 32.1 Å². The van der Waals surface area contributed by atoms with Gasteiger partial charge in [0.2, 0.25) is 0 Å². The number of halogens is 7. The fourth-order valence-electron chi connectivity index (χ4n) is 19.6. The van der Waals surface area contributed by atoms with Crippen LogP contribution in [0.2, 0.25) is 0 Å². The van der Waals surface area contributed by atoms with E-state index in [1.807, 2.05) is 172 Å². The zero-order valence-electron chi connectivity index (χ0n) is 89.4. The molecule has 12 aliphatic rings. The fraction of sp³-hybridized carbons (Fsp3) is 0.796. The molecule has 12 rings (SSSR count). The Bertz CT molecular complexity index is 4390. The van der Waals surface area contributed by atoms with Gasteiger partial charge in [-0.1, -0.05) is 224 Å². The van der Waals surface area contributed by atoms with E-state index in [4.69, 9.17) is 129 Å². The third kappa shape index (κ3) is 31.4. The number of allylic oxidation sites excluding steroid dienone is 5. The lowest BCUT2D eigenvalue weighted by Crippen LogP contribution is -2.22. The van der Waals surface area contributed by atoms with Crippen LogP contribution in [0.25, 0.3) is 0 Å². The Morgan fingerprint density at radius 2 is 0.809 bits per heavy atom. The molecule has 28 heteroatoms. The summed E-state index contributed by atoms with van der Waals surface area (Å²) in [6.45, 7) is 76.6. The first kappa shape index (κ1) is 123. The van der Waals surface area contributed by atoms with E-state index in [0.29, 0.717) is 23.7 Å². The molecule has 774 valence electrons. The lowest BCUT2D eigenvalue weighted by molar-refractivity contribution is -0.151. The lowest BCUT2D eigenvalue weighted by Gasteiger charge is -2.27. The lowest BCUT2D eigenvalue weighted by atomic mass is 9.78. The van der Waals surface area contributed by atoms with Crippen LogP contribution in [0.5, 0.6) is 0 Å². The predicted molar refractivity (Wildman–Crippen MR) is 543 cm³/mol. The number of hydrogen-bond donors (Lipinski definition) is 0. The number of carbonyl (C=O) groups excluding carboxylic acids is 10. The number of carbonyl (C=O) groups is 10. The molecular weight excluding hydrogens is 1880 g/mol. The molecule has 0 amide bonds. The molecule has 136 heavy (non-hydrogen) atoms. The predicted octanol–water partition coefficient (Wildman–Crippen LogP) is 25.8. The van der Waals surface area contributed by atoms with Crippen molar-refractivity contribution in [2.45, 2.75) is 403 Å². The number of ketones is 1. The molecule has 21 nitrogen and oxygen atoms in total.